The second-order valence-corrected chi connectivity index (χ2v) is 8.72. The van der Waals surface area contributed by atoms with Gasteiger partial charge >= 0.3 is 0 Å². The Hall–Kier alpha value is -3.80. The number of likely N-dealkylation sites (tertiary alicyclic amines) is 1. The Morgan fingerprint density at radius 2 is 1.58 bits per heavy atom. The van der Waals surface area contributed by atoms with Crippen LogP contribution >= 0.6 is 0 Å². The van der Waals surface area contributed by atoms with Crippen LogP contribution in [0.2, 0.25) is 0 Å². The summed E-state index contributed by atoms with van der Waals surface area (Å²) < 4.78 is 0. The molecule has 1 aromatic heterocycles. The third-order valence-corrected chi connectivity index (χ3v) is 6.61. The number of nitrogens with zero attached hydrogens (tertiary/aromatic N) is 4. The Bertz CT molecular complexity index is 1150. The number of hydrogen-bond donors (Lipinski definition) is 0. The fraction of sp³-hybridized carbons (Fsp3) is 0.259. The first-order valence-electron chi connectivity index (χ1n) is 11.3. The van der Waals surface area contributed by atoms with E-state index < -0.39 is 5.54 Å². The molecule has 166 valence electrons. The summed E-state index contributed by atoms with van der Waals surface area (Å²) in [5.74, 6) is 0.0117. The molecule has 0 aliphatic carbocycles. The van der Waals surface area contributed by atoms with Gasteiger partial charge < -0.3 is 4.90 Å². The van der Waals surface area contributed by atoms with Crippen LogP contribution in [0.3, 0.4) is 0 Å². The summed E-state index contributed by atoms with van der Waals surface area (Å²) in [6.45, 7) is 1.21. The zero-order chi connectivity index (χ0) is 22.7. The van der Waals surface area contributed by atoms with Crippen molar-refractivity contribution in [2.45, 2.75) is 31.2 Å². The van der Waals surface area contributed by atoms with Crippen molar-refractivity contribution in [3.05, 3.63) is 102 Å². The fourth-order valence-corrected chi connectivity index (χ4v) is 4.75. The third kappa shape index (κ3) is 4.29. The number of carbonyl (C=O) groups is 2. The standard InChI is InChI=1S/C27H26N4O2/c32-25(18-21-8-7-15-28-20-21)30-16-13-27(14-17-30)19-24(22-9-3-1-4-10-22)29-31(27)26(33)23-11-5-2-6-12-23/h1-12,15,20H,13-14,16-19H2. The Morgan fingerprint density at radius 1 is 0.879 bits per heavy atom. The molecule has 2 aliphatic heterocycles. The minimum atomic E-state index is -0.414. The predicted octanol–water partition coefficient (Wildman–Crippen LogP) is 3.94. The summed E-state index contributed by atoms with van der Waals surface area (Å²) in [7, 11) is 0. The highest BCUT2D eigenvalue weighted by molar-refractivity contribution is 6.05. The maximum Gasteiger partial charge on any atom is 0.274 e. The summed E-state index contributed by atoms with van der Waals surface area (Å²) in [6.07, 6.45) is 5.88. The van der Waals surface area contributed by atoms with Gasteiger partial charge in [0.15, 0.2) is 0 Å². The van der Waals surface area contributed by atoms with Crippen LogP contribution < -0.4 is 0 Å². The molecule has 5 rings (SSSR count). The van der Waals surface area contributed by atoms with Crippen molar-refractivity contribution >= 4 is 17.5 Å². The van der Waals surface area contributed by atoms with Crippen LogP contribution in [-0.4, -0.2) is 51.0 Å². The van der Waals surface area contributed by atoms with E-state index in [4.69, 9.17) is 5.10 Å². The normalized spacial score (nSPS) is 17.2. The third-order valence-electron chi connectivity index (χ3n) is 6.61. The number of benzene rings is 2. The summed E-state index contributed by atoms with van der Waals surface area (Å²) >= 11 is 0. The van der Waals surface area contributed by atoms with E-state index in [-0.39, 0.29) is 11.8 Å². The summed E-state index contributed by atoms with van der Waals surface area (Å²) in [4.78, 5) is 32.4. The fourth-order valence-electron chi connectivity index (χ4n) is 4.75. The molecule has 0 radical (unpaired) electrons. The van der Waals surface area contributed by atoms with Crippen molar-refractivity contribution in [3.8, 4) is 0 Å². The number of hydrazone groups is 1. The molecule has 2 amide bonds. The lowest BCUT2D eigenvalue weighted by molar-refractivity contribution is -0.132. The van der Waals surface area contributed by atoms with Gasteiger partial charge in [-0.3, -0.25) is 14.6 Å². The minimum absolute atomic E-state index is 0.0864. The topological polar surface area (TPSA) is 65.9 Å². The van der Waals surface area contributed by atoms with E-state index in [2.05, 4.69) is 4.98 Å². The smallest absolute Gasteiger partial charge is 0.274 e. The van der Waals surface area contributed by atoms with E-state index in [1.165, 1.54) is 0 Å². The van der Waals surface area contributed by atoms with Crippen LogP contribution in [0.25, 0.3) is 0 Å². The molecule has 1 spiro atoms. The number of piperidine rings is 1. The predicted molar refractivity (Wildman–Crippen MR) is 127 cm³/mol. The second-order valence-electron chi connectivity index (χ2n) is 8.72. The van der Waals surface area contributed by atoms with Gasteiger partial charge in [-0.25, -0.2) is 5.01 Å². The molecular formula is C27H26N4O2. The van der Waals surface area contributed by atoms with E-state index >= 15 is 0 Å². The van der Waals surface area contributed by atoms with Gasteiger partial charge in [0.1, 0.15) is 0 Å². The molecule has 33 heavy (non-hydrogen) atoms. The van der Waals surface area contributed by atoms with Crippen LogP contribution in [-0.2, 0) is 11.2 Å². The number of rotatable bonds is 4. The maximum atomic E-state index is 13.5. The lowest BCUT2D eigenvalue weighted by atomic mass is 9.81. The van der Waals surface area contributed by atoms with Crippen LogP contribution in [0, 0.1) is 0 Å². The lowest BCUT2D eigenvalue weighted by Gasteiger charge is -2.43. The highest BCUT2D eigenvalue weighted by atomic mass is 16.2. The van der Waals surface area contributed by atoms with E-state index in [0.717, 1.165) is 16.8 Å². The quantitative estimate of drug-likeness (QED) is 0.620. The summed E-state index contributed by atoms with van der Waals surface area (Å²) in [5.41, 5.74) is 3.10. The maximum absolute atomic E-state index is 13.5. The molecule has 1 fully saturated rings. The summed E-state index contributed by atoms with van der Waals surface area (Å²) in [6, 6.07) is 23.1. The molecule has 0 N–H and O–H groups in total. The van der Waals surface area contributed by atoms with Crippen molar-refractivity contribution in [1.82, 2.24) is 14.9 Å². The van der Waals surface area contributed by atoms with Crippen molar-refractivity contribution in [1.29, 1.82) is 0 Å². The number of carbonyl (C=O) groups excluding carboxylic acids is 2. The average molecular weight is 439 g/mol. The highest BCUT2D eigenvalue weighted by Gasteiger charge is 2.48. The molecule has 1 saturated heterocycles. The van der Waals surface area contributed by atoms with Gasteiger partial charge in [-0.2, -0.15) is 5.10 Å². The zero-order valence-electron chi connectivity index (χ0n) is 18.4. The van der Waals surface area contributed by atoms with Gasteiger partial charge in [-0.05, 0) is 42.2 Å². The minimum Gasteiger partial charge on any atom is -0.342 e. The molecular weight excluding hydrogens is 412 g/mol. The lowest BCUT2D eigenvalue weighted by Crippen LogP contribution is -2.54. The van der Waals surface area contributed by atoms with Crippen molar-refractivity contribution in [2.75, 3.05) is 13.1 Å². The van der Waals surface area contributed by atoms with E-state index in [0.29, 0.717) is 44.3 Å². The van der Waals surface area contributed by atoms with Gasteiger partial charge in [0.05, 0.1) is 17.7 Å². The molecule has 2 aromatic carbocycles. The molecule has 0 bridgehead atoms. The van der Waals surface area contributed by atoms with Gasteiger partial charge in [0, 0.05) is 37.5 Å². The first-order valence-corrected chi connectivity index (χ1v) is 11.3. The van der Waals surface area contributed by atoms with Crippen LogP contribution in [0.1, 0.15) is 40.7 Å². The van der Waals surface area contributed by atoms with Gasteiger partial charge in [0.2, 0.25) is 5.91 Å². The van der Waals surface area contributed by atoms with E-state index in [1.54, 1.807) is 17.4 Å². The molecule has 0 saturated carbocycles. The Balaban J connectivity index is 1.37. The molecule has 6 nitrogen and oxygen atoms in total. The molecule has 0 unspecified atom stereocenters. The monoisotopic (exact) mass is 438 g/mol. The van der Waals surface area contributed by atoms with Crippen molar-refractivity contribution in [3.63, 3.8) is 0 Å². The van der Waals surface area contributed by atoms with Crippen LogP contribution in [0.4, 0.5) is 0 Å². The highest BCUT2D eigenvalue weighted by Crippen LogP contribution is 2.39. The zero-order valence-corrected chi connectivity index (χ0v) is 18.4. The molecule has 3 aromatic rings. The molecule has 2 aliphatic rings. The van der Waals surface area contributed by atoms with Crippen LogP contribution in [0.15, 0.2) is 90.3 Å². The van der Waals surface area contributed by atoms with E-state index in [1.807, 2.05) is 77.7 Å². The van der Waals surface area contributed by atoms with Gasteiger partial charge in [0.25, 0.3) is 5.91 Å². The Labute approximate surface area is 193 Å². The average Bonchev–Trinajstić information content (AvgIpc) is 3.24. The van der Waals surface area contributed by atoms with Gasteiger partial charge in [-0.15, -0.1) is 0 Å². The second kappa shape index (κ2) is 8.98. The molecule has 0 atom stereocenters. The number of amides is 2. The largest absolute Gasteiger partial charge is 0.342 e. The van der Waals surface area contributed by atoms with Crippen molar-refractivity contribution in [2.24, 2.45) is 5.10 Å². The van der Waals surface area contributed by atoms with Crippen LogP contribution in [0.5, 0.6) is 0 Å². The molecule has 3 heterocycles. The first kappa shape index (κ1) is 21.1. The number of aromatic nitrogens is 1. The summed E-state index contributed by atoms with van der Waals surface area (Å²) in [5, 5.41) is 6.54. The first-order chi connectivity index (χ1) is 16.1. The SMILES string of the molecule is O=C(Cc1cccnc1)N1CCC2(CC1)CC(c1ccccc1)=NN2C(=O)c1ccccc1. The molecule has 6 heteroatoms. The Morgan fingerprint density at radius 3 is 2.24 bits per heavy atom. The number of hydrogen-bond acceptors (Lipinski definition) is 4. The van der Waals surface area contributed by atoms with E-state index in [9.17, 15) is 9.59 Å². The van der Waals surface area contributed by atoms with Crippen molar-refractivity contribution < 1.29 is 9.59 Å². The Kier molecular flexibility index (Phi) is 5.73. The number of pyridine rings is 1. The van der Waals surface area contributed by atoms with Gasteiger partial charge in [-0.1, -0.05) is 54.6 Å².